The standard InChI is InChI=1S/C15H19FN2O/c1-9-13(16)11-4-3-7-19-15(11)12-10(5-6-17-2)8-18-14(9)12/h8,17-18H,3-7H2,1-2H3. The van der Waals surface area contributed by atoms with Crippen molar-refractivity contribution in [2.45, 2.75) is 26.2 Å². The molecule has 0 bridgehead atoms. The molecule has 1 aliphatic rings. The molecule has 4 heteroatoms. The molecule has 1 aromatic carbocycles. The highest BCUT2D eigenvalue weighted by molar-refractivity contribution is 5.93. The van der Waals surface area contributed by atoms with E-state index in [9.17, 15) is 4.39 Å². The van der Waals surface area contributed by atoms with Crippen molar-refractivity contribution in [2.75, 3.05) is 20.2 Å². The average Bonchev–Trinajstić information content (AvgIpc) is 2.86. The van der Waals surface area contributed by atoms with E-state index in [1.54, 1.807) is 0 Å². The summed E-state index contributed by atoms with van der Waals surface area (Å²) >= 11 is 0. The molecule has 0 saturated heterocycles. The van der Waals surface area contributed by atoms with Crippen LogP contribution in [0.1, 0.15) is 23.1 Å². The molecular weight excluding hydrogens is 243 g/mol. The largest absolute Gasteiger partial charge is 0.492 e. The zero-order valence-corrected chi connectivity index (χ0v) is 11.4. The van der Waals surface area contributed by atoms with Gasteiger partial charge in [-0.3, -0.25) is 0 Å². The van der Waals surface area contributed by atoms with Crippen LogP contribution in [0, 0.1) is 12.7 Å². The van der Waals surface area contributed by atoms with Gasteiger partial charge in [-0.05, 0) is 45.3 Å². The first kappa shape index (κ1) is 12.5. The quantitative estimate of drug-likeness (QED) is 0.892. The van der Waals surface area contributed by atoms with Gasteiger partial charge in [-0.2, -0.15) is 0 Å². The SMILES string of the molecule is CNCCc1c[nH]c2c(C)c(F)c3c(c12)OCCC3. The number of aryl methyl sites for hydroxylation is 1. The predicted octanol–water partition coefficient (Wildman–Crippen LogP) is 2.70. The van der Waals surface area contributed by atoms with Crippen LogP contribution in [0.5, 0.6) is 5.75 Å². The number of aromatic amines is 1. The summed E-state index contributed by atoms with van der Waals surface area (Å²) in [5.41, 5.74) is 3.53. The highest BCUT2D eigenvalue weighted by Crippen LogP contribution is 2.39. The predicted molar refractivity (Wildman–Crippen MR) is 74.4 cm³/mol. The Bertz CT molecular complexity index is 618. The van der Waals surface area contributed by atoms with Crippen LogP contribution < -0.4 is 10.1 Å². The van der Waals surface area contributed by atoms with Crippen LogP contribution in [-0.2, 0) is 12.8 Å². The van der Waals surface area contributed by atoms with E-state index in [1.807, 2.05) is 20.2 Å². The summed E-state index contributed by atoms with van der Waals surface area (Å²) in [5.74, 6) is 0.654. The van der Waals surface area contributed by atoms with E-state index >= 15 is 0 Å². The monoisotopic (exact) mass is 262 g/mol. The van der Waals surface area contributed by atoms with Crippen LogP contribution >= 0.6 is 0 Å². The van der Waals surface area contributed by atoms with E-state index in [2.05, 4.69) is 10.3 Å². The van der Waals surface area contributed by atoms with Crippen molar-refractivity contribution in [1.82, 2.24) is 10.3 Å². The second kappa shape index (κ2) is 4.85. The molecule has 0 atom stereocenters. The molecule has 102 valence electrons. The number of rotatable bonds is 3. The van der Waals surface area contributed by atoms with Crippen molar-refractivity contribution in [3.63, 3.8) is 0 Å². The Labute approximate surface area is 112 Å². The number of halogens is 1. The molecule has 0 fully saturated rings. The van der Waals surface area contributed by atoms with Gasteiger partial charge in [0.1, 0.15) is 11.6 Å². The van der Waals surface area contributed by atoms with Crippen molar-refractivity contribution in [2.24, 2.45) is 0 Å². The number of benzene rings is 1. The summed E-state index contributed by atoms with van der Waals surface area (Å²) < 4.78 is 20.1. The molecular formula is C15H19FN2O. The highest BCUT2D eigenvalue weighted by atomic mass is 19.1. The maximum atomic E-state index is 14.4. The Morgan fingerprint density at radius 1 is 1.47 bits per heavy atom. The second-order valence-corrected chi connectivity index (χ2v) is 5.12. The van der Waals surface area contributed by atoms with Gasteiger partial charge in [0, 0.05) is 22.7 Å². The lowest BCUT2D eigenvalue weighted by Crippen LogP contribution is -2.13. The number of nitrogens with one attached hydrogen (secondary N) is 2. The summed E-state index contributed by atoms with van der Waals surface area (Å²) in [6.07, 6.45) is 4.56. The summed E-state index contributed by atoms with van der Waals surface area (Å²) in [6.45, 7) is 3.42. The maximum absolute atomic E-state index is 14.4. The van der Waals surface area contributed by atoms with Gasteiger partial charge < -0.3 is 15.0 Å². The summed E-state index contributed by atoms with van der Waals surface area (Å²) in [4.78, 5) is 3.21. The third-order valence-electron chi connectivity index (χ3n) is 3.89. The van der Waals surface area contributed by atoms with Crippen molar-refractivity contribution >= 4 is 10.9 Å². The number of H-pyrrole nitrogens is 1. The second-order valence-electron chi connectivity index (χ2n) is 5.12. The van der Waals surface area contributed by atoms with Gasteiger partial charge in [0.2, 0.25) is 0 Å². The van der Waals surface area contributed by atoms with Crippen LogP contribution in [0.3, 0.4) is 0 Å². The maximum Gasteiger partial charge on any atom is 0.135 e. The van der Waals surface area contributed by atoms with E-state index in [-0.39, 0.29) is 5.82 Å². The molecule has 0 spiro atoms. The third kappa shape index (κ3) is 1.91. The lowest BCUT2D eigenvalue weighted by atomic mass is 9.97. The molecule has 0 radical (unpaired) electrons. The van der Waals surface area contributed by atoms with Crippen LogP contribution in [0.15, 0.2) is 6.20 Å². The molecule has 2 aromatic rings. The third-order valence-corrected chi connectivity index (χ3v) is 3.89. The topological polar surface area (TPSA) is 37.0 Å². The molecule has 0 amide bonds. The lowest BCUT2D eigenvalue weighted by molar-refractivity contribution is 0.287. The number of ether oxygens (including phenoxy) is 1. The van der Waals surface area contributed by atoms with Crippen molar-refractivity contribution in [3.05, 3.63) is 28.7 Å². The van der Waals surface area contributed by atoms with Gasteiger partial charge in [-0.25, -0.2) is 4.39 Å². The van der Waals surface area contributed by atoms with Gasteiger partial charge >= 0.3 is 0 Å². The van der Waals surface area contributed by atoms with Crippen molar-refractivity contribution < 1.29 is 9.13 Å². The van der Waals surface area contributed by atoms with E-state index in [4.69, 9.17) is 4.74 Å². The van der Waals surface area contributed by atoms with Crippen LogP contribution in [-0.4, -0.2) is 25.2 Å². The minimum absolute atomic E-state index is 0.107. The van der Waals surface area contributed by atoms with Crippen LogP contribution in [0.4, 0.5) is 4.39 Å². The number of hydrogen-bond acceptors (Lipinski definition) is 2. The smallest absolute Gasteiger partial charge is 0.135 e. The van der Waals surface area contributed by atoms with Crippen LogP contribution in [0.25, 0.3) is 10.9 Å². The number of fused-ring (bicyclic) bond motifs is 3. The summed E-state index contributed by atoms with van der Waals surface area (Å²) in [6, 6.07) is 0. The number of likely N-dealkylation sites (N-methyl/N-ethyl adjacent to an activating group) is 1. The van der Waals surface area contributed by atoms with Gasteiger partial charge in [0.15, 0.2) is 0 Å². The Morgan fingerprint density at radius 2 is 2.32 bits per heavy atom. The zero-order valence-electron chi connectivity index (χ0n) is 11.4. The zero-order chi connectivity index (χ0) is 13.4. The van der Waals surface area contributed by atoms with E-state index < -0.39 is 0 Å². The summed E-state index contributed by atoms with van der Waals surface area (Å²) in [7, 11) is 1.94. The van der Waals surface area contributed by atoms with E-state index in [0.717, 1.165) is 48.0 Å². The molecule has 2 N–H and O–H groups in total. The Balaban J connectivity index is 2.24. The average molecular weight is 262 g/mol. The van der Waals surface area contributed by atoms with Crippen LogP contribution in [0.2, 0.25) is 0 Å². The fourth-order valence-corrected chi connectivity index (χ4v) is 2.87. The number of aromatic nitrogens is 1. The van der Waals surface area contributed by atoms with Gasteiger partial charge in [0.05, 0.1) is 12.1 Å². The number of hydrogen-bond donors (Lipinski definition) is 2. The molecule has 1 aliphatic heterocycles. The first-order valence-corrected chi connectivity index (χ1v) is 6.82. The molecule has 3 rings (SSSR count). The molecule has 1 aromatic heterocycles. The molecule has 0 saturated carbocycles. The fourth-order valence-electron chi connectivity index (χ4n) is 2.87. The fraction of sp³-hybridized carbons (Fsp3) is 0.467. The minimum Gasteiger partial charge on any atom is -0.492 e. The van der Waals surface area contributed by atoms with Gasteiger partial charge in [0.25, 0.3) is 0 Å². The van der Waals surface area contributed by atoms with Gasteiger partial charge in [-0.15, -0.1) is 0 Å². The van der Waals surface area contributed by atoms with E-state index in [1.165, 1.54) is 5.56 Å². The first-order valence-electron chi connectivity index (χ1n) is 6.82. The molecule has 0 unspecified atom stereocenters. The first-order chi connectivity index (χ1) is 9.24. The Kier molecular flexibility index (Phi) is 3.19. The molecule has 19 heavy (non-hydrogen) atoms. The highest BCUT2D eigenvalue weighted by Gasteiger charge is 2.23. The van der Waals surface area contributed by atoms with Gasteiger partial charge in [-0.1, -0.05) is 0 Å². The Morgan fingerprint density at radius 3 is 3.11 bits per heavy atom. The lowest BCUT2D eigenvalue weighted by Gasteiger charge is -2.21. The summed E-state index contributed by atoms with van der Waals surface area (Å²) in [5, 5.41) is 4.22. The molecule has 3 nitrogen and oxygen atoms in total. The normalized spacial score (nSPS) is 14.5. The van der Waals surface area contributed by atoms with Crippen molar-refractivity contribution in [1.29, 1.82) is 0 Å². The van der Waals surface area contributed by atoms with E-state index in [0.29, 0.717) is 12.2 Å². The minimum atomic E-state index is -0.107. The molecule has 2 heterocycles. The van der Waals surface area contributed by atoms with Crippen molar-refractivity contribution in [3.8, 4) is 5.75 Å². The molecule has 0 aliphatic carbocycles. The Hall–Kier alpha value is -1.55.